The van der Waals surface area contributed by atoms with E-state index in [4.69, 9.17) is 4.74 Å². The molecule has 24 heavy (non-hydrogen) atoms. The number of urea groups is 1. The normalized spacial score (nSPS) is 10.3. The van der Waals surface area contributed by atoms with Crippen LogP contribution in [-0.2, 0) is 6.42 Å². The van der Waals surface area contributed by atoms with Gasteiger partial charge in [0.15, 0.2) is 6.73 Å². The van der Waals surface area contributed by atoms with Crippen LogP contribution in [0.5, 0.6) is 5.75 Å². The predicted octanol–water partition coefficient (Wildman–Crippen LogP) is 4.25. The van der Waals surface area contributed by atoms with Gasteiger partial charge in [0.1, 0.15) is 5.75 Å². The lowest BCUT2D eigenvalue weighted by Gasteiger charge is -2.14. The number of hydrogen-bond acceptors (Lipinski definition) is 2. The fraction of sp³-hybridized carbons (Fsp3) is 0.316. The van der Waals surface area contributed by atoms with Gasteiger partial charge in [-0.1, -0.05) is 46.3 Å². The molecule has 4 nitrogen and oxygen atoms in total. The minimum absolute atomic E-state index is 0.145. The highest BCUT2D eigenvalue weighted by Gasteiger charge is 2.07. The van der Waals surface area contributed by atoms with Crippen molar-refractivity contribution in [2.24, 2.45) is 0 Å². The quantitative estimate of drug-likeness (QED) is 0.724. The van der Waals surface area contributed by atoms with Crippen molar-refractivity contribution in [2.45, 2.75) is 27.2 Å². The number of amides is 2. The Morgan fingerprint density at radius 3 is 2.50 bits per heavy atom. The van der Waals surface area contributed by atoms with Gasteiger partial charge < -0.3 is 15.4 Å². The van der Waals surface area contributed by atoms with Crippen molar-refractivity contribution >= 4 is 22.0 Å². The van der Waals surface area contributed by atoms with Gasteiger partial charge >= 0.3 is 6.03 Å². The molecule has 0 aliphatic rings. The van der Waals surface area contributed by atoms with Crippen molar-refractivity contribution in [1.29, 1.82) is 0 Å². The Hall–Kier alpha value is -2.01. The third kappa shape index (κ3) is 4.99. The Bertz CT molecular complexity index is 717. The smallest absolute Gasteiger partial charge is 0.317 e. The molecule has 0 saturated heterocycles. The van der Waals surface area contributed by atoms with Gasteiger partial charge in [-0.25, -0.2) is 4.79 Å². The summed E-state index contributed by atoms with van der Waals surface area (Å²) in [6.07, 6.45) is 0.770. The summed E-state index contributed by atoms with van der Waals surface area (Å²) in [5, 5.41) is 5.56. The van der Waals surface area contributed by atoms with Gasteiger partial charge in [-0.3, -0.25) is 0 Å². The molecular weight excluding hydrogens is 368 g/mol. The highest BCUT2D eigenvalue weighted by Crippen LogP contribution is 2.25. The summed E-state index contributed by atoms with van der Waals surface area (Å²) in [4.78, 5) is 11.8. The fourth-order valence-electron chi connectivity index (χ4n) is 2.40. The van der Waals surface area contributed by atoms with Crippen molar-refractivity contribution in [3.05, 3.63) is 63.1 Å². The molecule has 0 saturated carbocycles. The van der Waals surface area contributed by atoms with Gasteiger partial charge in [0.05, 0.1) is 0 Å². The van der Waals surface area contributed by atoms with Gasteiger partial charge in [0.25, 0.3) is 0 Å². The van der Waals surface area contributed by atoms with E-state index in [0.717, 1.165) is 27.8 Å². The lowest BCUT2D eigenvalue weighted by molar-refractivity contribution is 0.223. The Balaban J connectivity index is 1.74. The van der Waals surface area contributed by atoms with E-state index >= 15 is 0 Å². The van der Waals surface area contributed by atoms with E-state index in [1.54, 1.807) is 0 Å². The van der Waals surface area contributed by atoms with Crippen molar-refractivity contribution < 1.29 is 9.53 Å². The van der Waals surface area contributed by atoms with E-state index in [1.807, 2.05) is 51.1 Å². The Labute approximate surface area is 151 Å². The zero-order valence-electron chi connectivity index (χ0n) is 14.3. The van der Waals surface area contributed by atoms with E-state index in [1.165, 1.54) is 11.1 Å². The van der Waals surface area contributed by atoms with Crippen LogP contribution in [0.25, 0.3) is 0 Å². The zero-order valence-corrected chi connectivity index (χ0v) is 15.9. The molecule has 0 aliphatic heterocycles. The van der Waals surface area contributed by atoms with Crippen LogP contribution in [0.15, 0.2) is 40.9 Å². The number of nitrogens with one attached hydrogen (secondary N) is 2. The highest BCUT2D eigenvalue weighted by molar-refractivity contribution is 9.10. The van der Waals surface area contributed by atoms with Crippen molar-refractivity contribution in [1.82, 2.24) is 10.6 Å². The molecule has 0 fully saturated rings. The van der Waals surface area contributed by atoms with E-state index < -0.39 is 0 Å². The van der Waals surface area contributed by atoms with Gasteiger partial charge in [0.2, 0.25) is 0 Å². The summed E-state index contributed by atoms with van der Waals surface area (Å²) in [6.45, 7) is 6.78. The van der Waals surface area contributed by atoms with Gasteiger partial charge in [-0.2, -0.15) is 0 Å². The van der Waals surface area contributed by atoms with Crippen LogP contribution in [-0.4, -0.2) is 19.3 Å². The number of benzene rings is 2. The van der Waals surface area contributed by atoms with Crippen LogP contribution >= 0.6 is 15.9 Å². The maximum atomic E-state index is 11.8. The summed E-state index contributed by atoms with van der Waals surface area (Å²) in [5.74, 6) is 0.837. The van der Waals surface area contributed by atoms with E-state index in [2.05, 4.69) is 32.6 Å². The summed E-state index contributed by atoms with van der Waals surface area (Å²) in [5.41, 5.74) is 4.51. The monoisotopic (exact) mass is 390 g/mol. The van der Waals surface area contributed by atoms with Crippen molar-refractivity contribution in [3.63, 3.8) is 0 Å². The summed E-state index contributed by atoms with van der Waals surface area (Å²) in [6, 6.07) is 11.9. The molecule has 0 spiro atoms. The van der Waals surface area contributed by atoms with Crippen LogP contribution in [0.3, 0.4) is 0 Å². The number of carbonyl (C=O) groups excluding carboxylic acids is 1. The molecule has 0 radical (unpaired) electrons. The summed E-state index contributed by atoms with van der Waals surface area (Å²) < 4.78 is 6.78. The fourth-order valence-corrected chi connectivity index (χ4v) is 2.88. The molecule has 0 unspecified atom stereocenters. The summed E-state index contributed by atoms with van der Waals surface area (Å²) >= 11 is 3.50. The van der Waals surface area contributed by atoms with Gasteiger partial charge in [-0.15, -0.1) is 0 Å². The number of rotatable bonds is 6. The van der Waals surface area contributed by atoms with Crippen LogP contribution in [0.2, 0.25) is 0 Å². The lowest BCUT2D eigenvalue weighted by atomic mass is 10.1. The average molecular weight is 391 g/mol. The third-order valence-corrected chi connectivity index (χ3v) is 4.73. The minimum Gasteiger partial charge on any atom is -0.473 e. The third-order valence-electron chi connectivity index (χ3n) is 3.96. The number of halogens is 1. The number of carbonyl (C=O) groups is 1. The highest BCUT2D eigenvalue weighted by atomic mass is 79.9. The topological polar surface area (TPSA) is 50.4 Å². The molecule has 2 aromatic carbocycles. The second-order valence-electron chi connectivity index (χ2n) is 5.72. The molecule has 2 rings (SSSR count). The second-order valence-corrected chi connectivity index (χ2v) is 6.57. The van der Waals surface area contributed by atoms with Crippen LogP contribution in [0.1, 0.15) is 22.3 Å². The number of hydrogen-bond donors (Lipinski definition) is 2. The van der Waals surface area contributed by atoms with E-state index in [0.29, 0.717) is 6.54 Å². The maximum Gasteiger partial charge on any atom is 0.317 e. The van der Waals surface area contributed by atoms with Crippen LogP contribution in [0, 0.1) is 20.8 Å². The standard InChI is InChI=1S/C19H23BrN2O2/c1-13-8-9-14(2)18(15(13)3)24-12-22-19(23)21-11-10-16-6-4-5-7-17(16)20/h4-9H,10-12H2,1-3H3,(H2,21,22,23). The van der Waals surface area contributed by atoms with Crippen molar-refractivity contribution in [3.8, 4) is 5.75 Å². The molecule has 0 aliphatic carbocycles. The number of ether oxygens (including phenoxy) is 1. The van der Waals surface area contributed by atoms with Crippen molar-refractivity contribution in [2.75, 3.05) is 13.3 Å². The zero-order chi connectivity index (χ0) is 17.5. The molecule has 5 heteroatoms. The Kier molecular flexibility index (Phi) is 6.67. The molecule has 128 valence electrons. The van der Waals surface area contributed by atoms with Gasteiger partial charge in [-0.05, 0) is 55.5 Å². The largest absolute Gasteiger partial charge is 0.473 e. The molecule has 2 N–H and O–H groups in total. The minimum atomic E-state index is -0.231. The molecule has 0 bridgehead atoms. The first kappa shape index (κ1) is 18.3. The van der Waals surface area contributed by atoms with Crippen LogP contribution in [0.4, 0.5) is 4.79 Å². The maximum absolute atomic E-state index is 11.8. The molecule has 2 amide bonds. The lowest BCUT2D eigenvalue weighted by Crippen LogP contribution is -2.38. The molecule has 2 aromatic rings. The first-order valence-electron chi connectivity index (χ1n) is 7.93. The van der Waals surface area contributed by atoms with E-state index in [9.17, 15) is 4.79 Å². The predicted molar refractivity (Wildman–Crippen MR) is 101 cm³/mol. The van der Waals surface area contributed by atoms with Gasteiger partial charge in [0, 0.05) is 11.0 Å². The molecule has 0 atom stereocenters. The Morgan fingerprint density at radius 2 is 1.75 bits per heavy atom. The summed E-state index contributed by atoms with van der Waals surface area (Å²) in [7, 11) is 0. The first-order valence-corrected chi connectivity index (χ1v) is 8.73. The molecule has 0 heterocycles. The number of aryl methyl sites for hydroxylation is 2. The molecule has 0 aromatic heterocycles. The average Bonchev–Trinajstić information content (AvgIpc) is 2.56. The second kappa shape index (κ2) is 8.73. The van der Waals surface area contributed by atoms with Crippen LogP contribution < -0.4 is 15.4 Å². The SMILES string of the molecule is Cc1ccc(C)c(OCNC(=O)NCCc2ccccc2Br)c1C. The Morgan fingerprint density at radius 1 is 1.04 bits per heavy atom. The first-order chi connectivity index (χ1) is 11.5. The van der Waals surface area contributed by atoms with E-state index in [-0.39, 0.29) is 12.8 Å². The molecular formula is C19H23BrN2O2.